The van der Waals surface area contributed by atoms with Gasteiger partial charge < -0.3 is 5.11 Å². The summed E-state index contributed by atoms with van der Waals surface area (Å²) in [6.07, 6.45) is 1.57. The SMILES string of the molecule is CC(C)c1ccn(-c2c(F)cccc2C(=O)O)n1. The van der Waals surface area contributed by atoms with Crippen LogP contribution in [0.5, 0.6) is 0 Å². The van der Waals surface area contributed by atoms with Crippen LogP contribution >= 0.6 is 0 Å². The van der Waals surface area contributed by atoms with Crippen LogP contribution in [-0.4, -0.2) is 20.9 Å². The first kappa shape index (κ1) is 12.3. The lowest BCUT2D eigenvalue weighted by molar-refractivity contribution is 0.0696. The van der Waals surface area contributed by atoms with Crippen molar-refractivity contribution < 1.29 is 14.3 Å². The van der Waals surface area contributed by atoms with Crippen molar-refractivity contribution in [3.05, 3.63) is 47.5 Å². The Hall–Kier alpha value is -2.17. The molecule has 0 unspecified atom stereocenters. The number of aromatic nitrogens is 2. The van der Waals surface area contributed by atoms with Crippen LogP contribution in [0.25, 0.3) is 5.69 Å². The van der Waals surface area contributed by atoms with Crippen LogP contribution in [0.3, 0.4) is 0 Å². The summed E-state index contributed by atoms with van der Waals surface area (Å²) in [4.78, 5) is 11.1. The first-order valence-electron chi connectivity index (χ1n) is 5.58. The molecule has 4 nitrogen and oxygen atoms in total. The van der Waals surface area contributed by atoms with E-state index in [0.717, 1.165) is 5.69 Å². The number of hydrogen-bond acceptors (Lipinski definition) is 2. The zero-order valence-electron chi connectivity index (χ0n) is 10.1. The maximum absolute atomic E-state index is 13.8. The van der Waals surface area contributed by atoms with E-state index in [9.17, 15) is 9.18 Å². The second-order valence-electron chi connectivity index (χ2n) is 4.28. The molecule has 5 heteroatoms. The number of hydrogen-bond donors (Lipinski definition) is 1. The number of halogens is 1. The molecule has 1 aromatic heterocycles. The third kappa shape index (κ3) is 2.11. The highest BCUT2D eigenvalue weighted by molar-refractivity contribution is 5.91. The van der Waals surface area contributed by atoms with E-state index >= 15 is 0 Å². The minimum absolute atomic E-state index is 0.0306. The summed E-state index contributed by atoms with van der Waals surface area (Å²) >= 11 is 0. The second kappa shape index (κ2) is 4.60. The summed E-state index contributed by atoms with van der Waals surface area (Å²) < 4.78 is 15.1. The summed E-state index contributed by atoms with van der Waals surface area (Å²) in [5, 5.41) is 13.3. The van der Waals surface area contributed by atoms with Crippen molar-refractivity contribution in [2.24, 2.45) is 0 Å². The smallest absolute Gasteiger partial charge is 0.338 e. The predicted octanol–water partition coefficient (Wildman–Crippen LogP) is 2.83. The van der Waals surface area contributed by atoms with Crippen LogP contribution in [0.2, 0.25) is 0 Å². The number of para-hydroxylation sites is 1. The van der Waals surface area contributed by atoms with Crippen molar-refractivity contribution in [2.75, 3.05) is 0 Å². The highest BCUT2D eigenvalue weighted by Gasteiger charge is 2.17. The summed E-state index contributed by atoms with van der Waals surface area (Å²) in [7, 11) is 0. The van der Waals surface area contributed by atoms with Crippen LogP contribution in [0.1, 0.15) is 35.8 Å². The molecule has 18 heavy (non-hydrogen) atoms. The first-order chi connectivity index (χ1) is 8.50. The number of benzene rings is 1. The van der Waals surface area contributed by atoms with Crippen molar-refractivity contribution >= 4 is 5.97 Å². The Morgan fingerprint density at radius 2 is 2.11 bits per heavy atom. The van der Waals surface area contributed by atoms with Crippen molar-refractivity contribution in [3.8, 4) is 5.69 Å². The van der Waals surface area contributed by atoms with Gasteiger partial charge in [0, 0.05) is 6.20 Å². The molecular formula is C13H13FN2O2. The lowest BCUT2D eigenvalue weighted by Gasteiger charge is -2.07. The summed E-state index contributed by atoms with van der Waals surface area (Å²) in [5.41, 5.74) is 0.653. The van der Waals surface area contributed by atoms with Gasteiger partial charge in [-0.25, -0.2) is 13.9 Å². The molecule has 0 atom stereocenters. The zero-order valence-corrected chi connectivity index (χ0v) is 10.1. The van der Waals surface area contributed by atoms with Gasteiger partial charge in [-0.05, 0) is 24.1 Å². The summed E-state index contributed by atoms with van der Waals surface area (Å²) in [6, 6.07) is 5.70. The number of rotatable bonds is 3. The Bertz CT molecular complexity index is 590. The fourth-order valence-electron chi connectivity index (χ4n) is 1.69. The van der Waals surface area contributed by atoms with E-state index in [1.165, 1.54) is 22.9 Å². The van der Waals surface area contributed by atoms with E-state index in [4.69, 9.17) is 5.11 Å². The predicted molar refractivity (Wildman–Crippen MR) is 64.6 cm³/mol. The largest absolute Gasteiger partial charge is 0.478 e. The van der Waals surface area contributed by atoms with Crippen molar-refractivity contribution in [3.63, 3.8) is 0 Å². The molecule has 1 N–H and O–H groups in total. The van der Waals surface area contributed by atoms with Crippen molar-refractivity contribution in [2.45, 2.75) is 19.8 Å². The van der Waals surface area contributed by atoms with Crippen LogP contribution < -0.4 is 0 Å². The minimum Gasteiger partial charge on any atom is -0.478 e. The van der Waals surface area contributed by atoms with Gasteiger partial charge in [0.05, 0.1) is 11.3 Å². The van der Waals surface area contributed by atoms with Gasteiger partial charge in [0.25, 0.3) is 0 Å². The van der Waals surface area contributed by atoms with Crippen LogP contribution in [0.4, 0.5) is 4.39 Å². The summed E-state index contributed by atoms with van der Waals surface area (Å²) in [5.74, 6) is -1.58. The monoisotopic (exact) mass is 248 g/mol. The number of carboxylic acids is 1. The molecule has 0 aliphatic rings. The molecule has 2 aromatic rings. The van der Waals surface area contributed by atoms with Gasteiger partial charge in [0.1, 0.15) is 11.5 Å². The topological polar surface area (TPSA) is 55.1 Å². The molecular weight excluding hydrogens is 235 g/mol. The van der Waals surface area contributed by atoms with Gasteiger partial charge in [-0.2, -0.15) is 5.10 Å². The number of aromatic carboxylic acids is 1. The third-order valence-electron chi connectivity index (χ3n) is 2.65. The average molecular weight is 248 g/mol. The maximum Gasteiger partial charge on any atom is 0.338 e. The van der Waals surface area contributed by atoms with E-state index in [-0.39, 0.29) is 17.2 Å². The number of carboxylic acid groups (broad SMARTS) is 1. The van der Waals surface area contributed by atoms with Crippen molar-refractivity contribution in [1.82, 2.24) is 9.78 Å². The Morgan fingerprint density at radius 1 is 1.39 bits per heavy atom. The molecule has 0 aliphatic carbocycles. The molecule has 0 amide bonds. The van der Waals surface area contributed by atoms with Crippen molar-refractivity contribution in [1.29, 1.82) is 0 Å². The van der Waals surface area contributed by atoms with E-state index in [2.05, 4.69) is 5.10 Å². The first-order valence-corrected chi connectivity index (χ1v) is 5.58. The quantitative estimate of drug-likeness (QED) is 0.908. The lowest BCUT2D eigenvalue weighted by atomic mass is 10.1. The van der Waals surface area contributed by atoms with Crippen LogP contribution in [-0.2, 0) is 0 Å². The maximum atomic E-state index is 13.8. The van der Waals surface area contributed by atoms with Gasteiger partial charge in [0.15, 0.2) is 0 Å². The van der Waals surface area contributed by atoms with E-state index < -0.39 is 11.8 Å². The normalized spacial score (nSPS) is 10.9. The second-order valence-corrected chi connectivity index (χ2v) is 4.28. The fourth-order valence-corrected chi connectivity index (χ4v) is 1.69. The molecule has 0 fully saturated rings. The molecule has 0 saturated heterocycles. The Labute approximate surface area is 104 Å². The standard InChI is InChI=1S/C13H13FN2O2/c1-8(2)11-6-7-16(15-11)12-9(13(17)18)4-3-5-10(12)14/h3-8H,1-2H3,(H,17,18). The molecule has 0 saturated carbocycles. The highest BCUT2D eigenvalue weighted by atomic mass is 19.1. The molecule has 0 radical (unpaired) electrons. The highest BCUT2D eigenvalue weighted by Crippen LogP contribution is 2.20. The van der Waals surface area contributed by atoms with E-state index in [0.29, 0.717) is 0 Å². The molecule has 94 valence electrons. The zero-order chi connectivity index (χ0) is 13.3. The Kier molecular flexibility index (Phi) is 3.14. The molecule has 0 bridgehead atoms. The molecule has 1 aromatic carbocycles. The van der Waals surface area contributed by atoms with Gasteiger partial charge in [-0.1, -0.05) is 19.9 Å². The number of carbonyl (C=O) groups is 1. The van der Waals surface area contributed by atoms with Gasteiger partial charge >= 0.3 is 5.97 Å². The van der Waals surface area contributed by atoms with E-state index in [1.54, 1.807) is 12.3 Å². The molecule has 0 aliphatic heterocycles. The van der Waals surface area contributed by atoms with Gasteiger partial charge in [0.2, 0.25) is 0 Å². The molecule has 2 rings (SSSR count). The van der Waals surface area contributed by atoms with Gasteiger partial charge in [-0.15, -0.1) is 0 Å². The van der Waals surface area contributed by atoms with Crippen LogP contribution in [0, 0.1) is 5.82 Å². The van der Waals surface area contributed by atoms with E-state index in [1.807, 2.05) is 13.8 Å². The minimum atomic E-state index is -1.17. The fraction of sp³-hybridized carbons (Fsp3) is 0.231. The number of nitrogens with zero attached hydrogens (tertiary/aromatic N) is 2. The average Bonchev–Trinajstić information content (AvgIpc) is 2.77. The lowest BCUT2D eigenvalue weighted by Crippen LogP contribution is -2.08. The third-order valence-corrected chi connectivity index (χ3v) is 2.65. The molecule has 1 heterocycles. The van der Waals surface area contributed by atoms with Crippen LogP contribution in [0.15, 0.2) is 30.5 Å². The summed E-state index contributed by atoms with van der Waals surface area (Å²) in [6.45, 7) is 3.93. The van der Waals surface area contributed by atoms with Gasteiger partial charge in [-0.3, -0.25) is 0 Å². The molecule has 0 spiro atoms. The Morgan fingerprint density at radius 3 is 2.67 bits per heavy atom. The Balaban J connectivity index is 2.58.